The van der Waals surface area contributed by atoms with Crippen LogP contribution in [0.15, 0.2) is 30.3 Å². The van der Waals surface area contributed by atoms with Crippen molar-refractivity contribution >= 4 is 17.7 Å². The van der Waals surface area contributed by atoms with Crippen LogP contribution in [-0.2, 0) is 10.5 Å². The molecule has 3 heteroatoms. The highest BCUT2D eigenvalue weighted by Gasteiger charge is 2.30. The summed E-state index contributed by atoms with van der Waals surface area (Å²) in [5.41, 5.74) is 1.28. The van der Waals surface area contributed by atoms with Crippen molar-refractivity contribution in [1.82, 2.24) is 0 Å². The summed E-state index contributed by atoms with van der Waals surface area (Å²) < 4.78 is 0. The second kappa shape index (κ2) is 6.10. The Morgan fingerprint density at radius 1 is 1.24 bits per heavy atom. The summed E-state index contributed by atoms with van der Waals surface area (Å²) in [7, 11) is 0. The molecule has 0 aliphatic heterocycles. The average molecular weight is 250 g/mol. The highest BCUT2D eigenvalue weighted by molar-refractivity contribution is 7.99. The molecule has 1 fully saturated rings. The van der Waals surface area contributed by atoms with Crippen LogP contribution in [0, 0.1) is 5.92 Å². The fraction of sp³-hybridized carbons (Fsp3) is 0.500. The molecule has 1 aromatic carbocycles. The molecule has 2 atom stereocenters. The van der Waals surface area contributed by atoms with Crippen molar-refractivity contribution in [3.8, 4) is 0 Å². The summed E-state index contributed by atoms with van der Waals surface area (Å²) in [6, 6.07) is 10.3. The first-order valence-corrected chi connectivity index (χ1v) is 7.20. The van der Waals surface area contributed by atoms with Gasteiger partial charge in [-0.25, -0.2) is 0 Å². The van der Waals surface area contributed by atoms with Crippen LogP contribution in [0.3, 0.4) is 0 Å². The Kier molecular flexibility index (Phi) is 4.49. The number of carbonyl (C=O) groups is 1. The molecule has 1 aliphatic rings. The van der Waals surface area contributed by atoms with Gasteiger partial charge in [0.1, 0.15) is 0 Å². The van der Waals surface area contributed by atoms with E-state index in [4.69, 9.17) is 0 Å². The second-order valence-electron chi connectivity index (χ2n) is 4.56. The molecular weight excluding hydrogens is 232 g/mol. The predicted octanol–water partition coefficient (Wildman–Crippen LogP) is 3.56. The molecule has 0 radical (unpaired) electrons. The zero-order valence-electron chi connectivity index (χ0n) is 9.84. The summed E-state index contributed by atoms with van der Waals surface area (Å²) in [5, 5.41) is 9.49. The van der Waals surface area contributed by atoms with Gasteiger partial charge in [0.15, 0.2) is 0 Å². The quantitative estimate of drug-likeness (QED) is 0.887. The molecule has 2 nitrogen and oxygen atoms in total. The number of hydrogen-bond acceptors (Lipinski definition) is 2. The fourth-order valence-electron chi connectivity index (χ4n) is 2.36. The van der Waals surface area contributed by atoms with Gasteiger partial charge in [0.2, 0.25) is 0 Å². The molecule has 0 amide bonds. The first-order valence-electron chi connectivity index (χ1n) is 6.15. The topological polar surface area (TPSA) is 37.3 Å². The van der Waals surface area contributed by atoms with Gasteiger partial charge in [0.25, 0.3) is 0 Å². The second-order valence-corrected chi connectivity index (χ2v) is 5.79. The van der Waals surface area contributed by atoms with E-state index in [1.807, 2.05) is 18.2 Å². The van der Waals surface area contributed by atoms with E-state index in [0.29, 0.717) is 5.25 Å². The van der Waals surface area contributed by atoms with Crippen molar-refractivity contribution in [2.75, 3.05) is 0 Å². The van der Waals surface area contributed by atoms with Crippen molar-refractivity contribution in [1.29, 1.82) is 0 Å². The van der Waals surface area contributed by atoms with Crippen LogP contribution in [-0.4, -0.2) is 16.3 Å². The fourth-order valence-corrected chi connectivity index (χ4v) is 3.77. The molecular formula is C14H18O2S. The molecule has 1 N–H and O–H groups in total. The average Bonchev–Trinajstić information content (AvgIpc) is 2.38. The predicted molar refractivity (Wildman–Crippen MR) is 71.1 cm³/mol. The van der Waals surface area contributed by atoms with Crippen LogP contribution in [0.25, 0.3) is 0 Å². The minimum Gasteiger partial charge on any atom is -0.481 e. The van der Waals surface area contributed by atoms with E-state index in [0.717, 1.165) is 25.0 Å². The van der Waals surface area contributed by atoms with E-state index >= 15 is 0 Å². The maximum atomic E-state index is 11.2. The van der Waals surface area contributed by atoms with E-state index in [2.05, 4.69) is 12.1 Å². The highest BCUT2D eigenvalue weighted by atomic mass is 32.2. The van der Waals surface area contributed by atoms with Gasteiger partial charge in [0.05, 0.1) is 5.92 Å². The Morgan fingerprint density at radius 3 is 2.65 bits per heavy atom. The molecule has 2 rings (SSSR count). The molecule has 1 aliphatic carbocycles. The van der Waals surface area contributed by atoms with Crippen molar-refractivity contribution in [3.05, 3.63) is 35.9 Å². The molecule has 1 saturated carbocycles. The van der Waals surface area contributed by atoms with Crippen molar-refractivity contribution in [3.63, 3.8) is 0 Å². The van der Waals surface area contributed by atoms with Crippen molar-refractivity contribution in [2.45, 2.75) is 36.7 Å². The summed E-state index contributed by atoms with van der Waals surface area (Å²) in [6.07, 6.45) is 4.14. The smallest absolute Gasteiger partial charge is 0.307 e. The van der Waals surface area contributed by atoms with Gasteiger partial charge in [-0.1, -0.05) is 43.2 Å². The summed E-state index contributed by atoms with van der Waals surface area (Å²) in [5.74, 6) is 0.169. The lowest BCUT2D eigenvalue weighted by atomic mass is 9.89. The zero-order chi connectivity index (χ0) is 12.1. The van der Waals surface area contributed by atoms with Gasteiger partial charge in [-0.2, -0.15) is 11.8 Å². The molecule has 0 aromatic heterocycles. The molecule has 0 heterocycles. The normalized spacial score (nSPS) is 24.5. The minimum atomic E-state index is -0.615. The zero-order valence-corrected chi connectivity index (χ0v) is 10.7. The van der Waals surface area contributed by atoms with Gasteiger partial charge in [0, 0.05) is 11.0 Å². The molecule has 17 heavy (non-hydrogen) atoms. The first kappa shape index (κ1) is 12.5. The number of benzene rings is 1. The van der Waals surface area contributed by atoms with Crippen LogP contribution >= 0.6 is 11.8 Å². The number of thioether (sulfide) groups is 1. The minimum absolute atomic E-state index is 0.141. The first-order chi connectivity index (χ1) is 8.27. The standard InChI is InChI=1S/C14H18O2S/c15-14(16)12-8-4-5-9-13(12)17-10-11-6-2-1-3-7-11/h1-3,6-7,12-13H,4-5,8-10H2,(H,15,16). The molecule has 92 valence electrons. The number of carboxylic acids is 1. The van der Waals surface area contributed by atoms with Gasteiger partial charge >= 0.3 is 5.97 Å². The number of aliphatic carboxylic acids is 1. The third-order valence-electron chi connectivity index (χ3n) is 3.33. The molecule has 0 saturated heterocycles. The number of carboxylic acid groups (broad SMARTS) is 1. The highest BCUT2D eigenvalue weighted by Crippen LogP contribution is 2.35. The van der Waals surface area contributed by atoms with Crippen molar-refractivity contribution in [2.24, 2.45) is 5.92 Å². The van der Waals surface area contributed by atoms with Gasteiger partial charge in [-0.05, 0) is 18.4 Å². The maximum absolute atomic E-state index is 11.2. The number of rotatable bonds is 4. The van der Waals surface area contributed by atoms with Crippen molar-refractivity contribution < 1.29 is 9.90 Å². The third-order valence-corrected chi connectivity index (χ3v) is 4.82. The molecule has 0 bridgehead atoms. The molecule has 0 spiro atoms. The lowest BCUT2D eigenvalue weighted by molar-refractivity contribution is -0.142. The molecule has 1 aromatic rings. The van der Waals surface area contributed by atoms with Gasteiger partial charge in [-0.15, -0.1) is 0 Å². The summed E-state index contributed by atoms with van der Waals surface area (Å²) >= 11 is 1.81. The maximum Gasteiger partial charge on any atom is 0.307 e. The number of hydrogen-bond donors (Lipinski definition) is 1. The Labute approximate surface area is 106 Å². The summed E-state index contributed by atoms with van der Waals surface area (Å²) in [6.45, 7) is 0. The van der Waals surface area contributed by atoms with E-state index < -0.39 is 5.97 Å². The van der Waals surface area contributed by atoms with Crippen LogP contribution in [0.2, 0.25) is 0 Å². The van der Waals surface area contributed by atoms with E-state index in [1.165, 1.54) is 12.0 Å². The van der Waals surface area contributed by atoms with Crippen LogP contribution in [0.1, 0.15) is 31.2 Å². The van der Waals surface area contributed by atoms with Crippen LogP contribution in [0.5, 0.6) is 0 Å². The summed E-state index contributed by atoms with van der Waals surface area (Å²) in [4.78, 5) is 11.2. The Morgan fingerprint density at radius 2 is 1.94 bits per heavy atom. The van der Waals surface area contributed by atoms with Gasteiger partial charge in [-0.3, -0.25) is 4.79 Å². The Balaban J connectivity index is 1.90. The van der Waals surface area contributed by atoms with Crippen LogP contribution < -0.4 is 0 Å². The third kappa shape index (κ3) is 3.50. The molecule has 2 unspecified atom stereocenters. The van der Waals surface area contributed by atoms with E-state index in [9.17, 15) is 9.90 Å². The van der Waals surface area contributed by atoms with Crippen LogP contribution in [0.4, 0.5) is 0 Å². The SMILES string of the molecule is O=C(O)C1CCCCC1SCc1ccccc1. The Hall–Kier alpha value is -0.960. The van der Waals surface area contributed by atoms with Gasteiger partial charge < -0.3 is 5.11 Å². The monoisotopic (exact) mass is 250 g/mol. The Bertz CT molecular complexity index is 364. The lowest BCUT2D eigenvalue weighted by Crippen LogP contribution is -2.29. The van der Waals surface area contributed by atoms with E-state index in [-0.39, 0.29) is 5.92 Å². The van der Waals surface area contributed by atoms with E-state index in [1.54, 1.807) is 11.8 Å². The lowest BCUT2D eigenvalue weighted by Gasteiger charge is -2.27. The largest absolute Gasteiger partial charge is 0.481 e.